The zero-order valence-electron chi connectivity index (χ0n) is 16.3. The lowest BCUT2D eigenvalue weighted by atomic mass is 10.0. The first-order valence-corrected chi connectivity index (χ1v) is 10.8. The van der Waals surface area contributed by atoms with Gasteiger partial charge in [0, 0.05) is 42.6 Å². The highest BCUT2D eigenvalue weighted by atomic mass is 32.2. The first-order chi connectivity index (χ1) is 12.8. The van der Waals surface area contributed by atoms with Gasteiger partial charge < -0.3 is 4.57 Å². The highest BCUT2D eigenvalue weighted by Gasteiger charge is 2.17. The maximum Gasteiger partial charge on any atom is 0.214 e. The molecule has 0 fully saturated rings. The fraction of sp³-hybridized carbons (Fsp3) is 0.381. The molecule has 6 heteroatoms. The van der Waals surface area contributed by atoms with Gasteiger partial charge in [-0.1, -0.05) is 26.0 Å². The van der Waals surface area contributed by atoms with E-state index in [1.165, 1.54) is 0 Å². The van der Waals surface area contributed by atoms with Crippen molar-refractivity contribution < 1.29 is 8.42 Å². The van der Waals surface area contributed by atoms with Crippen LogP contribution in [-0.2, 0) is 23.1 Å². The maximum atomic E-state index is 12.1. The molecule has 1 N–H and O–H groups in total. The Morgan fingerprint density at radius 2 is 1.74 bits per heavy atom. The number of hydrogen-bond acceptors (Lipinski definition) is 3. The van der Waals surface area contributed by atoms with Crippen molar-refractivity contribution in [3.05, 3.63) is 54.5 Å². The van der Waals surface area contributed by atoms with Crippen LogP contribution in [-0.4, -0.2) is 23.2 Å². The highest BCUT2D eigenvalue weighted by Crippen LogP contribution is 2.28. The first kappa shape index (κ1) is 19.6. The molecule has 0 aliphatic carbocycles. The SMILES string of the molecule is CC(C)Cn1cc(CNS(=O)(=O)C(C)C)c2ccc(-c3ccncc3)cc21. The number of hydrogen-bond donors (Lipinski definition) is 1. The second-order valence-electron chi connectivity index (χ2n) is 7.58. The van der Waals surface area contributed by atoms with Gasteiger partial charge in [0.1, 0.15) is 0 Å². The molecule has 144 valence electrons. The van der Waals surface area contributed by atoms with Crippen LogP contribution in [0.3, 0.4) is 0 Å². The number of fused-ring (bicyclic) bond motifs is 1. The minimum Gasteiger partial charge on any atom is -0.347 e. The summed E-state index contributed by atoms with van der Waals surface area (Å²) in [5, 5.41) is 0.639. The lowest BCUT2D eigenvalue weighted by Gasteiger charge is -2.09. The van der Waals surface area contributed by atoms with Crippen LogP contribution in [0.15, 0.2) is 48.9 Å². The molecule has 1 aromatic carbocycles. The molecule has 2 heterocycles. The van der Waals surface area contributed by atoms with Crippen LogP contribution >= 0.6 is 0 Å². The number of aromatic nitrogens is 2. The van der Waals surface area contributed by atoms with Gasteiger partial charge >= 0.3 is 0 Å². The Labute approximate surface area is 161 Å². The zero-order valence-corrected chi connectivity index (χ0v) is 17.1. The average molecular weight is 386 g/mol. The quantitative estimate of drug-likeness (QED) is 0.663. The van der Waals surface area contributed by atoms with Crippen molar-refractivity contribution in [1.29, 1.82) is 0 Å². The molecule has 0 bridgehead atoms. The van der Waals surface area contributed by atoms with Gasteiger partial charge in [0.2, 0.25) is 10.0 Å². The van der Waals surface area contributed by atoms with E-state index < -0.39 is 15.3 Å². The molecule has 3 rings (SSSR count). The van der Waals surface area contributed by atoms with E-state index >= 15 is 0 Å². The van der Waals surface area contributed by atoms with E-state index in [0.29, 0.717) is 12.5 Å². The summed E-state index contributed by atoms with van der Waals surface area (Å²) in [5.41, 5.74) is 4.36. The van der Waals surface area contributed by atoms with Gasteiger partial charge in [0.05, 0.1) is 5.25 Å². The predicted molar refractivity (Wildman–Crippen MR) is 111 cm³/mol. The fourth-order valence-corrected chi connectivity index (χ4v) is 3.81. The molecular weight excluding hydrogens is 358 g/mol. The van der Waals surface area contributed by atoms with Crippen LogP contribution in [0.2, 0.25) is 0 Å². The molecule has 0 saturated carbocycles. The van der Waals surface area contributed by atoms with Gasteiger partial charge in [-0.25, -0.2) is 13.1 Å². The van der Waals surface area contributed by atoms with Gasteiger partial charge in [0.25, 0.3) is 0 Å². The Balaban J connectivity index is 2.02. The average Bonchev–Trinajstić information content (AvgIpc) is 2.97. The molecular formula is C21H27N3O2S. The van der Waals surface area contributed by atoms with Crippen LogP contribution in [0.5, 0.6) is 0 Å². The molecule has 3 aromatic rings. The minimum atomic E-state index is -3.30. The Kier molecular flexibility index (Phi) is 5.67. The van der Waals surface area contributed by atoms with E-state index in [1.807, 2.05) is 12.1 Å². The number of sulfonamides is 1. The Bertz CT molecular complexity index is 1020. The summed E-state index contributed by atoms with van der Waals surface area (Å²) in [4.78, 5) is 4.09. The Hall–Kier alpha value is -2.18. The van der Waals surface area contributed by atoms with Crippen molar-refractivity contribution in [3.63, 3.8) is 0 Å². The van der Waals surface area contributed by atoms with Crippen molar-refractivity contribution in [1.82, 2.24) is 14.3 Å². The summed E-state index contributed by atoms with van der Waals surface area (Å²) in [6, 6.07) is 10.3. The van der Waals surface area contributed by atoms with Gasteiger partial charge in [-0.2, -0.15) is 0 Å². The molecule has 0 aliphatic rings. The third kappa shape index (κ3) is 4.39. The van der Waals surface area contributed by atoms with Crippen LogP contribution in [0, 0.1) is 5.92 Å². The molecule has 0 atom stereocenters. The summed E-state index contributed by atoms with van der Waals surface area (Å²) in [6.07, 6.45) is 5.65. The van der Waals surface area contributed by atoms with E-state index in [0.717, 1.165) is 34.1 Å². The first-order valence-electron chi connectivity index (χ1n) is 9.28. The standard InChI is InChI=1S/C21H27N3O2S/c1-15(2)13-24-14-19(12-23-27(25,26)16(3)4)20-6-5-18(11-21(20)24)17-7-9-22-10-8-17/h5-11,14-16,23H,12-13H2,1-4H3. The molecule has 0 saturated heterocycles. The molecule has 0 aliphatic heterocycles. The Morgan fingerprint density at radius 1 is 1.04 bits per heavy atom. The lowest BCUT2D eigenvalue weighted by molar-refractivity contribution is 0.534. The summed E-state index contributed by atoms with van der Waals surface area (Å²) < 4.78 is 29.2. The summed E-state index contributed by atoms with van der Waals surface area (Å²) >= 11 is 0. The normalized spacial score (nSPS) is 12.4. The van der Waals surface area contributed by atoms with E-state index in [2.05, 4.69) is 52.5 Å². The largest absolute Gasteiger partial charge is 0.347 e. The van der Waals surface area contributed by atoms with Crippen molar-refractivity contribution in [2.45, 2.75) is 46.0 Å². The Morgan fingerprint density at radius 3 is 2.37 bits per heavy atom. The predicted octanol–water partition coefficient (Wildman–Crippen LogP) is 4.19. The van der Waals surface area contributed by atoms with Crippen molar-refractivity contribution in [2.75, 3.05) is 0 Å². The maximum absolute atomic E-state index is 12.1. The number of nitrogens with zero attached hydrogens (tertiary/aromatic N) is 2. The second kappa shape index (κ2) is 7.82. The molecule has 0 unspecified atom stereocenters. The fourth-order valence-electron chi connectivity index (χ4n) is 3.12. The van der Waals surface area contributed by atoms with E-state index in [4.69, 9.17) is 0 Å². The molecule has 5 nitrogen and oxygen atoms in total. The summed E-state index contributed by atoms with van der Waals surface area (Å²) in [7, 11) is -3.30. The number of rotatable bonds is 7. The molecule has 0 amide bonds. The number of nitrogens with one attached hydrogen (secondary N) is 1. The monoisotopic (exact) mass is 385 g/mol. The summed E-state index contributed by atoms with van der Waals surface area (Å²) in [5.74, 6) is 0.491. The van der Waals surface area contributed by atoms with Gasteiger partial charge in [-0.05, 0) is 54.7 Å². The third-order valence-electron chi connectivity index (χ3n) is 4.62. The van der Waals surface area contributed by atoms with Gasteiger partial charge in [-0.3, -0.25) is 4.98 Å². The van der Waals surface area contributed by atoms with Gasteiger partial charge in [-0.15, -0.1) is 0 Å². The van der Waals surface area contributed by atoms with Crippen LogP contribution in [0.4, 0.5) is 0 Å². The van der Waals surface area contributed by atoms with Crippen LogP contribution in [0.25, 0.3) is 22.0 Å². The lowest BCUT2D eigenvalue weighted by Crippen LogP contribution is -2.30. The van der Waals surface area contributed by atoms with E-state index in [9.17, 15) is 8.42 Å². The molecule has 27 heavy (non-hydrogen) atoms. The van der Waals surface area contributed by atoms with Crippen molar-refractivity contribution >= 4 is 20.9 Å². The van der Waals surface area contributed by atoms with Crippen molar-refractivity contribution in [3.8, 4) is 11.1 Å². The van der Waals surface area contributed by atoms with Crippen LogP contribution in [0.1, 0.15) is 33.3 Å². The van der Waals surface area contributed by atoms with Gasteiger partial charge in [0.15, 0.2) is 0 Å². The second-order valence-corrected chi connectivity index (χ2v) is 9.90. The zero-order chi connectivity index (χ0) is 19.6. The smallest absolute Gasteiger partial charge is 0.214 e. The number of pyridine rings is 1. The molecule has 0 radical (unpaired) electrons. The highest BCUT2D eigenvalue weighted by molar-refractivity contribution is 7.90. The minimum absolute atomic E-state index is 0.302. The number of benzene rings is 1. The van der Waals surface area contributed by atoms with E-state index in [-0.39, 0.29) is 0 Å². The van der Waals surface area contributed by atoms with Crippen molar-refractivity contribution in [2.24, 2.45) is 5.92 Å². The summed E-state index contributed by atoms with van der Waals surface area (Å²) in [6.45, 7) is 8.92. The molecule has 0 spiro atoms. The third-order valence-corrected chi connectivity index (χ3v) is 6.41. The van der Waals surface area contributed by atoms with Crippen LogP contribution < -0.4 is 4.72 Å². The topological polar surface area (TPSA) is 64.0 Å². The molecule has 2 aromatic heterocycles. The van der Waals surface area contributed by atoms with E-state index in [1.54, 1.807) is 26.2 Å².